The Labute approximate surface area is 151 Å². The molecule has 0 aromatic carbocycles. The fourth-order valence-corrected chi connectivity index (χ4v) is 3.12. The molecule has 3 aromatic heterocycles. The molecule has 0 aliphatic heterocycles. The van der Waals surface area contributed by atoms with Crippen molar-refractivity contribution in [2.45, 2.75) is 38.3 Å². The Balaban J connectivity index is 1.66. The third-order valence-corrected chi connectivity index (χ3v) is 4.71. The van der Waals surface area contributed by atoms with E-state index in [0.29, 0.717) is 17.3 Å². The minimum Gasteiger partial charge on any atom is -0.305 e. The van der Waals surface area contributed by atoms with E-state index in [0.717, 1.165) is 29.3 Å². The molecule has 1 aliphatic carbocycles. The lowest BCUT2D eigenvalue weighted by Gasteiger charge is -2.25. The van der Waals surface area contributed by atoms with E-state index in [1.54, 1.807) is 20.2 Å². The summed E-state index contributed by atoms with van der Waals surface area (Å²) < 4.78 is 40.9. The Morgan fingerprint density at radius 1 is 1.30 bits per heavy atom. The number of carbonyl (C=O) groups excluding carboxylic acids is 1. The van der Waals surface area contributed by atoms with Gasteiger partial charge in [0.05, 0.1) is 6.20 Å². The van der Waals surface area contributed by atoms with Gasteiger partial charge >= 0.3 is 6.18 Å². The molecule has 4 rings (SSSR count). The number of rotatable bonds is 3. The molecule has 0 radical (unpaired) electrons. The number of hydrogen-bond donors (Lipinski definition) is 1. The molecular weight excluding hydrogens is 363 g/mol. The zero-order valence-corrected chi connectivity index (χ0v) is 14.6. The summed E-state index contributed by atoms with van der Waals surface area (Å²) >= 11 is 0. The monoisotopic (exact) mass is 379 g/mol. The lowest BCUT2D eigenvalue weighted by molar-refractivity contribution is -0.144. The van der Waals surface area contributed by atoms with Crippen LogP contribution in [0.25, 0.3) is 5.78 Å². The van der Waals surface area contributed by atoms with Gasteiger partial charge in [-0.25, -0.2) is 4.52 Å². The summed E-state index contributed by atoms with van der Waals surface area (Å²) in [5, 5.41) is 10.2. The number of anilines is 1. The maximum absolute atomic E-state index is 12.8. The lowest BCUT2D eigenvalue weighted by atomic mass is 9.80. The highest BCUT2D eigenvalue weighted by Crippen LogP contribution is 2.38. The van der Waals surface area contributed by atoms with Crippen molar-refractivity contribution in [3.05, 3.63) is 35.0 Å². The molecule has 0 unspecified atom stereocenters. The number of carbonyl (C=O) groups is 1. The van der Waals surface area contributed by atoms with Gasteiger partial charge in [-0.1, -0.05) is 6.42 Å². The molecule has 142 valence electrons. The minimum absolute atomic E-state index is 0.104. The predicted octanol–water partition coefficient (Wildman–Crippen LogP) is 2.70. The molecule has 3 heterocycles. The van der Waals surface area contributed by atoms with Crippen molar-refractivity contribution in [2.75, 3.05) is 5.32 Å². The first kappa shape index (κ1) is 17.4. The van der Waals surface area contributed by atoms with Crippen LogP contribution in [0.3, 0.4) is 0 Å². The first-order chi connectivity index (χ1) is 12.7. The first-order valence-corrected chi connectivity index (χ1v) is 8.39. The molecule has 3 aromatic rings. The second kappa shape index (κ2) is 6.03. The van der Waals surface area contributed by atoms with Crippen LogP contribution < -0.4 is 5.32 Å². The summed E-state index contributed by atoms with van der Waals surface area (Å²) in [5.41, 5.74) is 1.67. The van der Waals surface area contributed by atoms with E-state index in [1.165, 1.54) is 10.7 Å². The highest BCUT2D eigenvalue weighted by atomic mass is 19.4. The van der Waals surface area contributed by atoms with Crippen LogP contribution in [0, 0.1) is 6.92 Å². The number of amides is 1. The van der Waals surface area contributed by atoms with Crippen molar-refractivity contribution >= 4 is 17.5 Å². The van der Waals surface area contributed by atoms with Gasteiger partial charge in [0.1, 0.15) is 11.5 Å². The fourth-order valence-electron chi connectivity index (χ4n) is 3.12. The molecule has 0 saturated heterocycles. The molecule has 0 atom stereocenters. The van der Waals surface area contributed by atoms with Crippen molar-refractivity contribution in [3.63, 3.8) is 0 Å². The first-order valence-electron chi connectivity index (χ1n) is 8.39. The minimum atomic E-state index is -4.67. The van der Waals surface area contributed by atoms with Crippen LogP contribution in [-0.2, 0) is 13.2 Å². The summed E-state index contributed by atoms with van der Waals surface area (Å²) in [6.45, 7) is 1.56. The van der Waals surface area contributed by atoms with Crippen molar-refractivity contribution in [1.82, 2.24) is 29.4 Å². The molecule has 0 spiro atoms. The van der Waals surface area contributed by atoms with Crippen molar-refractivity contribution in [1.29, 1.82) is 0 Å². The van der Waals surface area contributed by atoms with Gasteiger partial charge in [-0.3, -0.25) is 9.48 Å². The number of nitrogens with one attached hydrogen (secondary N) is 1. The number of aromatic nitrogens is 6. The van der Waals surface area contributed by atoms with Gasteiger partial charge in [-0.15, -0.1) is 5.10 Å². The summed E-state index contributed by atoms with van der Waals surface area (Å²) in [5.74, 6) is -1.51. The van der Waals surface area contributed by atoms with Crippen LogP contribution in [0.5, 0.6) is 0 Å². The van der Waals surface area contributed by atoms with E-state index in [2.05, 4.69) is 25.5 Å². The fraction of sp³-hybridized carbons (Fsp3) is 0.438. The van der Waals surface area contributed by atoms with E-state index in [-0.39, 0.29) is 11.6 Å². The zero-order valence-electron chi connectivity index (χ0n) is 14.6. The number of halogens is 3. The Morgan fingerprint density at radius 3 is 2.67 bits per heavy atom. The van der Waals surface area contributed by atoms with Crippen LogP contribution in [0.4, 0.5) is 19.0 Å². The molecule has 1 aliphatic rings. The van der Waals surface area contributed by atoms with Crippen molar-refractivity contribution in [2.24, 2.45) is 7.05 Å². The Bertz CT molecular complexity index is 1030. The van der Waals surface area contributed by atoms with Gasteiger partial charge in [0, 0.05) is 24.4 Å². The standard InChI is InChI=1S/C16H16F3N7O/c1-8-6-11(22-15-23-14(16(17,18)19)24-26(8)15)21-13(27)12-10(7-20-25(12)2)9-4-3-5-9/h6-7,9H,3-5H2,1-2H3,(H,21,22,23,24,27). The third-order valence-electron chi connectivity index (χ3n) is 4.71. The van der Waals surface area contributed by atoms with Gasteiger partial charge in [-0.2, -0.15) is 28.2 Å². The Hall–Kier alpha value is -2.98. The molecular formula is C16H16F3N7O. The average molecular weight is 379 g/mol. The van der Waals surface area contributed by atoms with E-state index in [9.17, 15) is 18.0 Å². The van der Waals surface area contributed by atoms with E-state index >= 15 is 0 Å². The van der Waals surface area contributed by atoms with Crippen LogP contribution >= 0.6 is 0 Å². The maximum atomic E-state index is 12.8. The molecule has 1 N–H and O–H groups in total. The van der Waals surface area contributed by atoms with Gasteiger partial charge < -0.3 is 5.32 Å². The van der Waals surface area contributed by atoms with E-state index in [1.807, 2.05) is 0 Å². The van der Waals surface area contributed by atoms with E-state index in [4.69, 9.17) is 0 Å². The number of fused-ring (bicyclic) bond motifs is 1. The number of hydrogen-bond acceptors (Lipinski definition) is 5. The number of nitrogens with zero attached hydrogens (tertiary/aromatic N) is 6. The number of alkyl halides is 3. The molecule has 8 nitrogen and oxygen atoms in total. The van der Waals surface area contributed by atoms with Gasteiger partial charge in [0.15, 0.2) is 0 Å². The van der Waals surface area contributed by atoms with Gasteiger partial charge in [0.25, 0.3) is 17.5 Å². The topological polar surface area (TPSA) is 90.0 Å². The molecule has 1 saturated carbocycles. The smallest absolute Gasteiger partial charge is 0.305 e. The van der Waals surface area contributed by atoms with Crippen LogP contribution in [0.15, 0.2) is 12.3 Å². The van der Waals surface area contributed by atoms with Crippen molar-refractivity contribution in [3.8, 4) is 0 Å². The predicted molar refractivity (Wildman–Crippen MR) is 88.3 cm³/mol. The van der Waals surface area contributed by atoms with Crippen LogP contribution in [0.1, 0.15) is 52.8 Å². The largest absolute Gasteiger partial charge is 0.453 e. The molecule has 11 heteroatoms. The SMILES string of the molecule is Cc1cc(NC(=O)c2c(C3CCC3)cnn2C)nc2nc(C(F)(F)F)nn12. The van der Waals surface area contributed by atoms with Crippen molar-refractivity contribution < 1.29 is 18.0 Å². The number of aryl methyl sites for hydroxylation is 2. The van der Waals surface area contributed by atoms with Crippen LogP contribution in [0.2, 0.25) is 0 Å². The average Bonchev–Trinajstić information content (AvgIpc) is 3.10. The van der Waals surface area contributed by atoms with Crippen LogP contribution in [-0.4, -0.2) is 35.3 Å². The highest BCUT2D eigenvalue weighted by molar-refractivity contribution is 6.03. The third kappa shape index (κ3) is 3.02. The summed E-state index contributed by atoms with van der Waals surface area (Å²) in [6, 6.07) is 1.44. The quantitative estimate of drug-likeness (QED) is 0.756. The lowest BCUT2D eigenvalue weighted by Crippen LogP contribution is -2.21. The second-order valence-electron chi connectivity index (χ2n) is 6.58. The van der Waals surface area contributed by atoms with E-state index < -0.39 is 17.9 Å². The summed E-state index contributed by atoms with van der Waals surface area (Å²) in [7, 11) is 1.67. The summed E-state index contributed by atoms with van der Waals surface area (Å²) in [4.78, 5) is 20.1. The molecule has 27 heavy (non-hydrogen) atoms. The zero-order chi connectivity index (χ0) is 19.3. The summed E-state index contributed by atoms with van der Waals surface area (Å²) in [6.07, 6.45) is 0.154. The maximum Gasteiger partial charge on any atom is 0.453 e. The van der Waals surface area contributed by atoms with Gasteiger partial charge in [-0.05, 0) is 25.7 Å². The second-order valence-corrected chi connectivity index (χ2v) is 6.58. The highest BCUT2D eigenvalue weighted by Gasteiger charge is 2.37. The normalized spacial score (nSPS) is 15.1. The van der Waals surface area contributed by atoms with Gasteiger partial charge in [0.2, 0.25) is 0 Å². The Morgan fingerprint density at radius 2 is 2.04 bits per heavy atom. The molecule has 0 bridgehead atoms. The molecule has 1 amide bonds. The molecule has 1 fully saturated rings. The Kier molecular flexibility index (Phi) is 3.89.